The van der Waals surface area contributed by atoms with Gasteiger partial charge in [-0.2, -0.15) is 5.10 Å². The van der Waals surface area contributed by atoms with Gasteiger partial charge < -0.3 is 5.32 Å². The zero-order valence-corrected chi connectivity index (χ0v) is 14.2. The molecule has 1 unspecified atom stereocenters. The fraction of sp³-hybridized carbons (Fsp3) is 0.471. The Bertz CT molecular complexity index is 602. The molecular formula is C17H22BrN3. The summed E-state index contributed by atoms with van der Waals surface area (Å²) >= 11 is 3.70. The maximum Gasteiger partial charge on any atom is 0.0704 e. The standard InChI is InChI=1S/C17H22BrN3/c1-3-11-21-15(14(18)12-20-21)16(19-2)17(9-10-17)13-7-5-4-6-8-13/h4-8,12,16,19H,3,9-11H2,1-2H3. The van der Waals surface area contributed by atoms with Gasteiger partial charge in [-0.1, -0.05) is 37.3 Å². The highest BCUT2D eigenvalue weighted by atomic mass is 79.9. The maximum absolute atomic E-state index is 4.54. The summed E-state index contributed by atoms with van der Waals surface area (Å²) in [5.41, 5.74) is 2.92. The topological polar surface area (TPSA) is 29.9 Å². The third-order valence-corrected chi connectivity index (χ3v) is 5.13. The highest BCUT2D eigenvalue weighted by Gasteiger charge is 2.52. The lowest BCUT2D eigenvalue weighted by Crippen LogP contribution is -2.32. The van der Waals surface area contributed by atoms with Crippen LogP contribution in [0, 0.1) is 0 Å². The van der Waals surface area contributed by atoms with E-state index in [0.717, 1.165) is 17.4 Å². The van der Waals surface area contributed by atoms with Crippen LogP contribution in [0.15, 0.2) is 41.0 Å². The number of rotatable bonds is 6. The Kier molecular flexibility index (Phi) is 4.18. The second kappa shape index (κ2) is 5.93. The molecule has 1 heterocycles. The Morgan fingerprint density at radius 2 is 2.05 bits per heavy atom. The molecule has 1 aliphatic rings. The molecule has 3 nitrogen and oxygen atoms in total. The molecule has 0 spiro atoms. The van der Waals surface area contributed by atoms with E-state index >= 15 is 0 Å². The molecule has 1 aromatic heterocycles. The van der Waals surface area contributed by atoms with Crippen molar-refractivity contribution in [2.24, 2.45) is 0 Å². The Labute approximate surface area is 134 Å². The van der Waals surface area contributed by atoms with Crippen molar-refractivity contribution in [2.75, 3.05) is 7.05 Å². The smallest absolute Gasteiger partial charge is 0.0704 e. The van der Waals surface area contributed by atoms with Gasteiger partial charge in [0.2, 0.25) is 0 Å². The molecule has 21 heavy (non-hydrogen) atoms. The molecule has 1 aromatic carbocycles. The van der Waals surface area contributed by atoms with Crippen LogP contribution in [0.2, 0.25) is 0 Å². The van der Waals surface area contributed by atoms with Gasteiger partial charge in [0, 0.05) is 12.0 Å². The molecule has 4 heteroatoms. The van der Waals surface area contributed by atoms with Crippen molar-refractivity contribution in [3.8, 4) is 0 Å². The molecule has 1 saturated carbocycles. The Morgan fingerprint density at radius 3 is 2.62 bits per heavy atom. The average molecular weight is 348 g/mol. The van der Waals surface area contributed by atoms with Crippen LogP contribution in [0.1, 0.15) is 43.5 Å². The van der Waals surface area contributed by atoms with E-state index in [4.69, 9.17) is 0 Å². The second-order valence-corrected chi connectivity index (χ2v) is 6.70. The van der Waals surface area contributed by atoms with Gasteiger partial charge in [-0.3, -0.25) is 4.68 Å². The normalized spacial score (nSPS) is 17.7. The molecule has 1 N–H and O–H groups in total. The molecule has 3 rings (SSSR count). The Hall–Kier alpha value is -1.13. The predicted octanol–water partition coefficient (Wildman–Crippen LogP) is 4.05. The number of nitrogens with one attached hydrogen (secondary N) is 1. The number of aryl methyl sites for hydroxylation is 1. The lowest BCUT2D eigenvalue weighted by Gasteiger charge is -2.28. The second-order valence-electron chi connectivity index (χ2n) is 5.84. The molecule has 1 fully saturated rings. The molecule has 0 amide bonds. The number of hydrogen-bond acceptors (Lipinski definition) is 2. The number of benzene rings is 1. The van der Waals surface area contributed by atoms with Crippen LogP contribution in [0.5, 0.6) is 0 Å². The number of halogens is 1. The summed E-state index contributed by atoms with van der Waals surface area (Å²) in [7, 11) is 2.06. The van der Waals surface area contributed by atoms with Crippen molar-refractivity contribution in [3.63, 3.8) is 0 Å². The minimum Gasteiger partial charge on any atom is -0.311 e. The summed E-state index contributed by atoms with van der Waals surface area (Å²) in [6.45, 7) is 3.15. The highest BCUT2D eigenvalue weighted by molar-refractivity contribution is 9.10. The van der Waals surface area contributed by atoms with Gasteiger partial charge in [-0.25, -0.2) is 0 Å². The summed E-state index contributed by atoms with van der Waals surface area (Å²) in [5.74, 6) is 0. The number of nitrogens with zero attached hydrogens (tertiary/aromatic N) is 2. The summed E-state index contributed by atoms with van der Waals surface area (Å²) in [4.78, 5) is 0. The predicted molar refractivity (Wildman–Crippen MR) is 89.4 cm³/mol. The van der Waals surface area contributed by atoms with E-state index in [9.17, 15) is 0 Å². The van der Waals surface area contributed by atoms with Crippen LogP contribution >= 0.6 is 15.9 Å². The number of likely N-dealkylation sites (N-methyl/N-ethyl adjacent to an activating group) is 1. The van der Waals surface area contributed by atoms with E-state index in [1.165, 1.54) is 24.1 Å². The van der Waals surface area contributed by atoms with Gasteiger partial charge in [0.15, 0.2) is 0 Å². The summed E-state index contributed by atoms with van der Waals surface area (Å²) in [5, 5.41) is 8.09. The maximum atomic E-state index is 4.54. The lowest BCUT2D eigenvalue weighted by molar-refractivity contribution is 0.418. The molecule has 0 aliphatic heterocycles. The van der Waals surface area contributed by atoms with Gasteiger partial charge in [0.25, 0.3) is 0 Å². The van der Waals surface area contributed by atoms with Crippen molar-refractivity contribution >= 4 is 15.9 Å². The Balaban J connectivity index is 2.02. The minimum absolute atomic E-state index is 0.212. The third kappa shape index (κ3) is 2.55. The molecule has 2 aromatic rings. The SMILES string of the molecule is CCCn1ncc(Br)c1C(NC)C1(c2ccccc2)CC1. The zero-order chi connectivity index (χ0) is 14.9. The van der Waals surface area contributed by atoms with Gasteiger partial charge in [0.05, 0.1) is 22.4 Å². The van der Waals surface area contributed by atoms with E-state index in [1.807, 2.05) is 6.20 Å². The molecule has 1 aliphatic carbocycles. The van der Waals surface area contributed by atoms with Crippen LogP contribution < -0.4 is 5.32 Å². The summed E-state index contributed by atoms with van der Waals surface area (Å²) in [6, 6.07) is 11.2. The molecule has 0 radical (unpaired) electrons. The number of aromatic nitrogens is 2. The van der Waals surface area contributed by atoms with Crippen LogP contribution in [0.3, 0.4) is 0 Å². The van der Waals surface area contributed by atoms with Gasteiger partial charge in [0.1, 0.15) is 0 Å². The highest BCUT2D eigenvalue weighted by Crippen LogP contribution is 2.57. The summed E-state index contributed by atoms with van der Waals surface area (Å²) in [6.07, 6.45) is 5.48. The van der Waals surface area contributed by atoms with E-state index in [2.05, 4.69) is 75.3 Å². The van der Waals surface area contributed by atoms with Crippen molar-refractivity contribution < 1.29 is 0 Å². The zero-order valence-electron chi connectivity index (χ0n) is 12.6. The van der Waals surface area contributed by atoms with Gasteiger partial charge >= 0.3 is 0 Å². The van der Waals surface area contributed by atoms with Gasteiger partial charge in [-0.15, -0.1) is 0 Å². The first kappa shape index (κ1) is 14.8. The summed E-state index contributed by atoms with van der Waals surface area (Å²) < 4.78 is 3.26. The number of hydrogen-bond donors (Lipinski definition) is 1. The minimum atomic E-state index is 0.212. The van der Waals surface area contributed by atoms with Crippen molar-refractivity contribution in [1.82, 2.24) is 15.1 Å². The molecule has 0 bridgehead atoms. The van der Waals surface area contributed by atoms with Crippen molar-refractivity contribution in [3.05, 3.63) is 52.3 Å². The quantitative estimate of drug-likeness (QED) is 0.854. The van der Waals surface area contributed by atoms with Crippen LogP contribution in [0.4, 0.5) is 0 Å². The molecule has 1 atom stereocenters. The first-order chi connectivity index (χ1) is 10.2. The molecule has 112 valence electrons. The first-order valence-corrected chi connectivity index (χ1v) is 8.46. The van der Waals surface area contributed by atoms with E-state index < -0.39 is 0 Å². The van der Waals surface area contributed by atoms with E-state index in [-0.39, 0.29) is 5.41 Å². The molecule has 0 saturated heterocycles. The third-order valence-electron chi connectivity index (χ3n) is 4.52. The van der Waals surface area contributed by atoms with Crippen LogP contribution in [-0.2, 0) is 12.0 Å². The first-order valence-electron chi connectivity index (χ1n) is 7.67. The monoisotopic (exact) mass is 347 g/mol. The lowest BCUT2D eigenvalue weighted by atomic mass is 9.86. The fourth-order valence-corrected chi connectivity index (χ4v) is 3.90. The van der Waals surface area contributed by atoms with Gasteiger partial charge in [-0.05, 0) is 47.8 Å². The fourth-order valence-electron chi connectivity index (χ4n) is 3.37. The largest absolute Gasteiger partial charge is 0.311 e. The van der Waals surface area contributed by atoms with E-state index in [0.29, 0.717) is 6.04 Å². The van der Waals surface area contributed by atoms with Crippen LogP contribution in [0.25, 0.3) is 0 Å². The van der Waals surface area contributed by atoms with Crippen molar-refractivity contribution in [2.45, 2.75) is 44.2 Å². The van der Waals surface area contributed by atoms with Crippen LogP contribution in [-0.4, -0.2) is 16.8 Å². The Morgan fingerprint density at radius 1 is 1.33 bits per heavy atom. The average Bonchev–Trinajstić information content (AvgIpc) is 3.24. The van der Waals surface area contributed by atoms with Crippen molar-refractivity contribution in [1.29, 1.82) is 0 Å². The molecular weight excluding hydrogens is 326 g/mol. The van der Waals surface area contributed by atoms with E-state index in [1.54, 1.807) is 0 Å².